The Balaban J connectivity index is 2.36. The summed E-state index contributed by atoms with van der Waals surface area (Å²) in [4.78, 5) is 2.34. The first-order valence-corrected chi connectivity index (χ1v) is 5.38. The molecule has 1 N–H and O–H groups in total. The van der Waals surface area contributed by atoms with Gasteiger partial charge in [0.05, 0.1) is 23.0 Å². The number of anilines is 2. The van der Waals surface area contributed by atoms with Crippen molar-refractivity contribution < 1.29 is 0 Å². The molecule has 0 bridgehead atoms. The van der Waals surface area contributed by atoms with Crippen LogP contribution in [-0.2, 0) is 0 Å². The fraction of sp³-hybridized carbons (Fsp3) is 0.417. The standard InChI is InChI=1S/C12H15N3/c1-2-6-15-7-5-14-11-4-3-10(9-13)8-12(11)15/h3-4,8,14H,2,5-7H2,1H3. The van der Waals surface area contributed by atoms with Crippen molar-refractivity contribution in [3.05, 3.63) is 23.8 Å². The van der Waals surface area contributed by atoms with Crippen molar-refractivity contribution in [3.8, 4) is 6.07 Å². The van der Waals surface area contributed by atoms with Crippen molar-refractivity contribution in [3.63, 3.8) is 0 Å². The smallest absolute Gasteiger partial charge is 0.0992 e. The van der Waals surface area contributed by atoms with Crippen LogP contribution in [0.2, 0.25) is 0 Å². The molecule has 0 aromatic heterocycles. The van der Waals surface area contributed by atoms with Gasteiger partial charge in [-0.05, 0) is 24.6 Å². The Morgan fingerprint density at radius 2 is 2.40 bits per heavy atom. The van der Waals surface area contributed by atoms with Crippen molar-refractivity contribution in [2.45, 2.75) is 13.3 Å². The molecular weight excluding hydrogens is 186 g/mol. The normalized spacial score (nSPS) is 14.0. The minimum Gasteiger partial charge on any atom is -0.382 e. The second-order valence-electron chi connectivity index (χ2n) is 3.76. The highest BCUT2D eigenvalue weighted by Gasteiger charge is 2.15. The van der Waals surface area contributed by atoms with Crippen molar-refractivity contribution >= 4 is 11.4 Å². The van der Waals surface area contributed by atoms with Gasteiger partial charge in [0.2, 0.25) is 0 Å². The van der Waals surface area contributed by atoms with E-state index in [2.05, 4.69) is 23.2 Å². The second-order valence-corrected chi connectivity index (χ2v) is 3.76. The Hall–Kier alpha value is -1.69. The third-order valence-electron chi connectivity index (χ3n) is 2.66. The lowest BCUT2D eigenvalue weighted by Gasteiger charge is -2.31. The van der Waals surface area contributed by atoms with Gasteiger partial charge in [0.1, 0.15) is 0 Å². The van der Waals surface area contributed by atoms with Gasteiger partial charge in [0.15, 0.2) is 0 Å². The van der Waals surface area contributed by atoms with E-state index in [1.54, 1.807) is 0 Å². The quantitative estimate of drug-likeness (QED) is 0.797. The van der Waals surface area contributed by atoms with Crippen LogP contribution < -0.4 is 10.2 Å². The summed E-state index contributed by atoms with van der Waals surface area (Å²) in [6.07, 6.45) is 1.14. The molecule has 78 valence electrons. The molecule has 0 aliphatic carbocycles. The van der Waals surface area contributed by atoms with Crippen LogP contribution in [0.5, 0.6) is 0 Å². The molecule has 3 nitrogen and oxygen atoms in total. The number of benzene rings is 1. The number of nitrogens with one attached hydrogen (secondary N) is 1. The molecular formula is C12H15N3. The fourth-order valence-corrected chi connectivity index (χ4v) is 1.96. The van der Waals surface area contributed by atoms with Gasteiger partial charge in [-0.1, -0.05) is 6.92 Å². The molecule has 15 heavy (non-hydrogen) atoms. The van der Waals surface area contributed by atoms with Crippen molar-refractivity contribution in [1.82, 2.24) is 0 Å². The van der Waals surface area contributed by atoms with Gasteiger partial charge in [0.25, 0.3) is 0 Å². The summed E-state index contributed by atoms with van der Waals surface area (Å²) in [5.41, 5.74) is 3.05. The maximum Gasteiger partial charge on any atom is 0.0992 e. The molecule has 1 aliphatic heterocycles. The van der Waals surface area contributed by atoms with E-state index in [1.807, 2.05) is 18.2 Å². The Bertz CT molecular complexity index is 392. The Morgan fingerprint density at radius 3 is 3.13 bits per heavy atom. The Kier molecular flexibility index (Phi) is 2.77. The molecule has 2 rings (SSSR count). The van der Waals surface area contributed by atoms with Crippen molar-refractivity contribution in [1.29, 1.82) is 5.26 Å². The molecule has 0 radical (unpaired) electrons. The van der Waals surface area contributed by atoms with E-state index in [0.717, 1.165) is 37.3 Å². The number of rotatable bonds is 2. The topological polar surface area (TPSA) is 39.1 Å². The van der Waals surface area contributed by atoms with Crippen LogP contribution in [0.25, 0.3) is 0 Å². The first kappa shape index (κ1) is 9.85. The summed E-state index contributed by atoms with van der Waals surface area (Å²) < 4.78 is 0. The Labute approximate surface area is 90.3 Å². The van der Waals surface area contributed by atoms with E-state index >= 15 is 0 Å². The highest BCUT2D eigenvalue weighted by Crippen LogP contribution is 2.29. The minimum absolute atomic E-state index is 0.735. The Morgan fingerprint density at radius 1 is 1.53 bits per heavy atom. The molecule has 0 fully saturated rings. The molecule has 0 atom stereocenters. The maximum absolute atomic E-state index is 8.87. The van der Waals surface area contributed by atoms with Gasteiger partial charge >= 0.3 is 0 Å². The molecule has 0 saturated heterocycles. The molecule has 0 amide bonds. The molecule has 0 spiro atoms. The van der Waals surface area contributed by atoms with Crippen LogP contribution >= 0.6 is 0 Å². The molecule has 1 heterocycles. The molecule has 1 aliphatic rings. The van der Waals surface area contributed by atoms with Crippen LogP contribution in [0.4, 0.5) is 11.4 Å². The largest absolute Gasteiger partial charge is 0.382 e. The van der Waals surface area contributed by atoms with Gasteiger partial charge < -0.3 is 10.2 Å². The van der Waals surface area contributed by atoms with E-state index in [1.165, 1.54) is 5.69 Å². The van der Waals surface area contributed by atoms with Gasteiger partial charge in [-0.25, -0.2) is 0 Å². The van der Waals surface area contributed by atoms with E-state index in [0.29, 0.717) is 0 Å². The number of hydrogen-bond acceptors (Lipinski definition) is 3. The summed E-state index contributed by atoms with van der Waals surface area (Å²) in [6, 6.07) is 8.01. The highest BCUT2D eigenvalue weighted by atomic mass is 15.2. The van der Waals surface area contributed by atoms with Crippen LogP contribution in [0.15, 0.2) is 18.2 Å². The predicted octanol–water partition coefficient (Wildman–Crippen LogP) is 2.20. The zero-order valence-electron chi connectivity index (χ0n) is 8.95. The van der Waals surface area contributed by atoms with Gasteiger partial charge in [-0.2, -0.15) is 5.26 Å². The number of fused-ring (bicyclic) bond motifs is 1. The monoisotopic (exact) mass is 201 g/mol. The average molecular weight is 201 g/mol. The minimum atomic E-state index is 0.735. The molecule has 3 heteroatoms. The van der Waals surface area contributed by atoms with Crippen LogP contribution in [0.1, 0.15) is 18.9 Å². The maximum atomic E-state index is 8.87. The lowest BCUT2D eigenvalue weighted by molar-refractivity contribution is 0.760. The number of nitriles is 1. The highest BCUT2D eigenvalue weighted by molar-refractivity contribution is 5.73. The average Bonchev–Trinajstić information content (AvgIpc) is 2.29. The molecule has 0 saturated carbocycles. The molecule has 1 aromatic rings. The van der Waals surface area contributed by atoms with Crippen molar-refractivity contribution in [2.75, 3.05) is 29.9 Å². The summed E-state index contributed by atoms with van der Waals surface area (Å²) in [6.45, 7) is 5.24. The zero-order valence-corrected chi connectivity index (χ0v) is 8.95. The first-order valence-electron chi connectivity index (χ1n) is 5.38. The fourth-order valence-electron chi connectivity index (χ4n) is 1.96. The van der Waals surface area contributed by atoms with Gasteiger partial charge in [0, 0.05) is 19.6 Å². The lowest BCUT2D eigenvalue weighted by Crippen LogP contribution is -2.34. The van der Waals surface area contributed by atoms with Gasteiger partial charge in [-0.3, -0.25) is 0 Å². The second kappa shape index (κ2) is 4.22. The summed E-state index contributed by atoms with van der Waals surface area (Å²) >= 11 is 0. The van der Waals surface area contributed by atoms with Gasteiger partial charge in [-0.15, -0.1) is 0 Å². The van der Waals surface area contributed by atoms with Crippen molar-refractivity contribution in [2.24, 2.45) is 0 Å². The third-order valence-corrected chi connectivity index (χ3v) is 2.66. The predicted molar refractivity (Wildman–Crippen MR) is 62.2 cm³/mol. The van der Waals surface area contributed by atoms with E-state index < -0.39 is 0 Å². The zero-order chi connectivity index (χ0) is 10.7. The van der Waals surface area contributed by atoms with E-state index in [-0.39, 0.29) is 0 Å². The lowest BCUT2D eigenvalue weighted by atomic mass is 10.1. The third kappa shape index (κ3) is 1.89. The summed E-state index contributed by atoms with van der Waals surface area (Å²) in [5, 5.41) is 12.2. The molecule has 0 unspecified atom stereocenters. The molecule has 1 aromatic carbocycles. The SMILES string of the molecule is CCCN1CCNc2ccc(C#N)cc21. The van der Waals surface area contributed by atoms with E-state index in [4.69, 9.17) is 5.26 Å². The van der Waals surface area contributed by atoms with Crippen LogP contribution in [-0.4, -0.2) is 19.6 Å². The first-order chi connectivity index (χ1) is 7.35. The van der Waals surface area contributed by atoms with E-state index in [9.17, 15) is 0 Å². The number of nitrogens with zero attached hydrogens (tertiary/aromatic N) is 2. The summed E-state index contributed by atoms with van der Waals surface area (Å²) in [5.74, 6) is 0. The van der Waals surface area contributed by atoms with Crippen LogP contribution in [0.3, 0.4) is 0 Å². The summed E-state index contributed by atoms with van der Waals surface area (Å²) in [7, 11) is 0. The van der Waals surface area contributed by atoms with Crippen LogP contribution in [0, 0.1) is 11.3 Å². The number of hydrogen-bond donors (Lipinski definition) is 1.